The van der Waals surface area contributed by atoms with Gasteiger partial charge in [-0.15, -0.1) is 5.10 Å². The number of nitrogens with zero attached hydrogens (tertiary/aromatic N) is 5. The zero-order valence-corrected chi connectivity index (χ0v) is 9.20. The maximum absolute atomic E-state index is 9.67. The highest BCUT2D eigenvalue weighted by Crippen LogP contribution is 2.07. The Labute approximate surface area is 92.5 Å². The van der Waals surface area contributed by atoms with Gasteiger partial charge >= 0.3 is 0 Å². The van der Waals surface area contributed by atoms with E-state index in [4.69, 9.17) is 0 Å². The number of hydrogen-bond acceptors (Lipinski definition) is 6. The lowest BCUT2D eigenvalue weighted by atomic mass is 10.1. The highest BCUT2D eigenvalue weighted by Gasteiger charge is 2.10. The lowest BCUT2D eigenvalue weighted by Gasteiger charge is -2.15. The van der Waals surface area contributed by atoms with E-state index in [1.165, 1.54) is 0 Å². The van der Waals surface area contributed by atoms with Gasteiger partial charge in [0.15, 0.2) is 11.5 Å². The molecule has 2 N–H and O–H groups in total. The van der Waals surface area contributed by atoms with E-state index in [-0.39, 0.29) is 5.92 Å². The lowest BCUT2D eigenvalue weighted by Crippen LogP contribution is -2.25. The van der Waals surface area contributed by atoms with E-state index in [2.05, 4.69) is 25.8 Å². The number of fused-ring (bicyclic) bond motifs is 1. The molecule has 2 aromatic heterocycles. The first kappa shape index (κ1) is 10.7. The van der Waals surface area contributed by atoms with E-state index in [9.17, 15) is 5.11 Å². The van der Waals surface area contributed by atoms with Crippen LogP contribution in [0.25, 0.3) is 5.65 Å². The molecule has 0 spiro atoms. The van der Waals surface area contributed by atoms with Crippen molar-refractivity contribution in [2.24, 2.45) is 5.92 Å². The topological polar surface area (TPSA) is 88.2 Å². The summed E-state index contributed by atoms with van der Waals surface area (Å²) in [4.78, 5) is 4.00. The fourth-order valence-electron chi connectivity index (χ4n) is 1.24. The maximum Gasteiger partial charge on any atom is 0.199 e. The first-order valence-electron chi connectivity index (χ1n) is 5.12. The number of aliphatic hydroxyl groups excluding tert-OH is 1. The van der Waals surface area contributed by atoms with Crippen LogP contribution in [0.4, 0.5) is 5.82 Å². The summed E-state index contributed by atoms with van der Waals surface area (Å²) in [7, 11) is 0. The summed E-state index contributed by atoms with van der Waals surface area (Å²) >= 11 is 0. The minimum Gasteiger partial charge on any atom is -0.391 e. The van der Waals surface area contributed by atoms with Crippen molar-refractivity contribution >= 4 is 11.5 Å². The van der Waals surface area contributed by atoms with Gasteiger partial charge in [0.05, 0.1) is 18.5 Å². The minimum absolute atomic E-state index is 0.202. The molecule has 0 fully saturated rings. The Kier molecular flexibility index (Phi) is 2.95. The monoisotopic (exact) mass is 222 g/mol. The zero-order valence-electron chi connectivity index (χ0n) is 9.20. The number of hydrogen-bond donors (Lipinski definition) is 2. The normalized spacial score (nSPS) is 13.2. The van der Waals surface area contributed by atoms with Crippen LogP contribution in [-0.4, -0.2) is 42.8 Å². The molecule has 86 valence electrons. The summed E-state index contributed by atoms with van der Waals surface area (Å²) in [6.07, 6.45) is 2.78. The second kappa shape index (κ2) is 4.40. The smallest absolute Gasteiger partial charge is 0.199 e. The summed E-state index contributed by atoms with van der Waals surface area (Å²) in [6.45, 7) is 4.36. The average molecular weight is 222 g/mol. The maximum atomic E-state index is 9.67. The van der Waals surface area contributed by atoms with Crippen LogP contribution in [-0.2, 0) is 0 Å². The molecule has 0 aliphatic rings. The standard InChI is InChI=1S/C9H14N6O/c1-6(2)7(16)3-11-8-4-10-5-9-12-13-14-15(8)9/h4-7,11,16H,3H2,1-2H3. The molecule has 7 nitrogen and oxygen atoms in total. The molecular formula is C9H14N6O. The van der Waals surface area contributed by atoms with Crippen molar-refractivity contribution in [3.05, 3.63) is 12.4 Å². The fourth-order valence-corrected chi connectivity index (χ4v) is 1.24. The van der Waals surface area contributed by atoms with Gasteiger partial charge in [0, 0.05) is 6.54 Å². The van der Waals surface area contributed by atoms with Gasteiger partial charge in [-0.05, 0) is 16.3 Å². The van der Waals surface area contributed by atoms with Crippen molar-refractivity contribution in [2.45, 2.75) is 20.0 Å². The van der Waals surface area contributed by atoms with Crippen molar-refractivity contribution in [2.75, 3.05) is 11.9 Å². The minimum atomic E-state index is -0.410. The SMILES string of the molecule is CC(C)C(O)CNc1cncc2nnnn12. The average Bonchev–Trinajstić information content (AvgIpc) is 2.73. The molecule has 16 heavy (non-hydrogen) atoms. The van der Waals surface area contributed by atoms with Crippen molar-refractivity contribution in [3.63, 3.8) is 0 Å². The summed E-state index contributed by atoms with van der Waals surface area (Å²) < 4.78 is 1.54. The van der Waals surface area contributed by atoms with Crippen LogP contribution in [0.15, 0.2) is 12.4 Å². The largest absolute Gasteiger partial charge is 0.391 e. The molecule has 0 aromatic carbocycles. The molecule has 0 saturated heterocycles. The number of nitrogens with one attached hydrogen (secondary N) is 1. The number of anilines is 1. The second-order valence-corrected chi connectivity index (χ2v) is 3.93. The summed E-state index contributed by atoms with van der Waals surface area (Å²) in [5.41, 5.74) is 0.573. The second-order valence-electron chi connectivity index (χ2n) is 3.93. The molecule has 2 heterocycles. The lowest BCUT2D eigenvalue weighted by molar-refractivity contribution is 0.138. The molecule has 0 radical (unpaired) electrons. The Balaban J connectivity index is 2.12. The summed E-state index contributed by atoms with van der Waals surface area (Å²) in [5.74, 6) is 0.871. The van der Waals surface area contributed by atoms with Gasteiger partial charge in [0.2, 0.25) is 0 Å². The Morgan fingerprint density at radius 3 is 3.00 bits per heavy atom. The number of tetrazole rings is 1. The Bertz CT molecular complexity index is 468. The first-order chi connectivity index (χ1) is 7.68. The third-order valence-electron chi connectivity index (χ3n) is 2.37. The van der Waals surface area contributed by atoms with E-state index in [0.29, 0.717) is 18.0 Å². The van der Waals surface area contributed by atoms with Crippen LogP contribution in [0.1, 0.15) is 13.8 Å². The van der Waals surface area contributed by atoms with E-state index in [1.807, 2.05) is 13.8 Å². The van der Waals surface area contributed by atoms with Gasteiger partial charge in [-0.2, -0.15) is 4.52 Å². The van der Waals surface area contributed by atoms with Crippen LogP contribution in [0.2, 0.25) is 0 Å². The molecule has 1 unspecified atom stereocenters. The van der Waals surface area contributed by atoms with Crippen molar-refractivity contribution in [1.29, 1.82) is 0 Å². The molecule has 0 aliphatic carbocycles. The molecule has 7 heteroatoms. The third kappa shape index (κ3) is 2.08. The van der Waals surface area contributed by atoms with Crippen LogP contribution in [0.3, 0.4) is 0 Å². The first-order valence-corrected chi connectivity index (χ1v) is 5.12. The summed E-state index contributed by atoms with van der Waals surface area (Å²) in [5, 5.41) is 23.9. The van der Waals surface area contributed by atoms with E-state index >= 15 is 0 Å². The number of rotatable bonds is 4. The van der Waals surface area contributed by atoms with Gasteiger partial charge in [0.25, 0.3) is 0 Å². The van der Waals surface area contributed by atoms with E-state index < -0.39 is 6.10 Å². The molecule has 2 aromatic rings. The van der Waals surface area contributed by atoms with Gasteiger partial charge in [-0.1, -0.05) is 13.8 Å². The molecular weight excluding hydrogens is 208 g/mol. The van der Waals surface area contributed by atoms with Crippen LogP contribution in [0, 0.1) is 5.92 Å². The molecule has 2 rings (SSSR count). The van der Waals surface area contributed by atoms with E-state index in [0.717, 1.165) is 0 Å². The van der Waals surface area contributed by atoms with Gasteiger partial charge in [-0.3, -0.25) is 4.98 Å². The van der Waals surface area contributed by atoms with Gasteiger partial charge in [0.1, 0.15) is 0 Å². The molecule has 0 amide bonds. The van der Waals surface area contributed by atoms with Crippen molar-refractivity contribution in [1.82, 2.24) is 25.0 Å². The quantitative estimate of drug-likeness (QED) is 0.754. The molecule has 0 bridgehead atoms. The van der Waals surface area contributed by atoms with Gasteiger partial charge < -0.3 is 10.4 Å². The Hall–Kier alpha value is -1.76. The van der Waals surface area contributed by atoms with Crippen LogP contribution >= 0.6 is 0 Å². The van der Waals surface area contributed by atoms with Crippen LogP contribution in [0.5, 0.6) is 0 Å². The predicted octanol–water partition coefficient (Wildman–Crippen LogP) is -0.0519. The van der Waals surface area contributed by atoms with Gasteiger partial charge in [-0.25, -0.2) is 0 Å². The van der Waals surface area contributed by atoms with E-state index in [1.54, 1.807) is 16.9 Å². The third-order valence-corrected chi connectivity index (χ3v) is 2.37. The Morgan fingerprint density at radius 1 is 1.44 bits per heavy atom. The molecule has 0 saturated carbocycles. The zero-order chi connectivity index (χ0) is 11.5. The predicted molar refractivity (Wildman–Crippen MR) is 57.9 cm³/mol. The fraction of sp³-hybridized carbons (Fsp3) is 0.556. The van der Waals surface area contributed by atoms with Crippen molar-refractivity contribution in [3.8, 4) is 0 Å². The Morgan fingerprint density at radius 2 is 2.25 bits per heavy atom. The highest BCUT2D eigenvalue weighted by atomic mass is 16.3. The number of aromatic nitrogens is 5. The molecule has 1 atom stereocenters. The number of aliphatic hydroxyl groups is 1. The van der Waals surface area contributed by atoms with Crippen LogP contribution < -0.4 is 5.32 Å². The summed E-state index contributed by atoms with van der Waals surface area (Å²) in [6, 6.07) is 0. The molecule has 0 aliphatic heterocycles. The van der Waals surface area contributed by atoms with Crippen molar-refractivity contribution < 1.29 is 5.11 Å². The highest BCUT2D eigenvalue weighted by molar-refractivity contribution is 5.43.